The van der Waals surface area contributed by atoms with Gasteiger partial charge in [-0.1, -0.05) is 30.3 Å². The van der Waals surface area contributed by atoms with E-state index in [9.17, 15) is 8.42 Å². The summed E-state index contributed by atoms with van der Waals surface area (Å²) in [5, 5.41) is 6.64. The molecule has 7 heteroatoms. The molecule has 0 saturated heterocycles. The van der Waals surface area contributed by atoms with Crippen molar-refractivity contribution in [1.82, 2.24) is 10.6 Å². The minimum Gasteiger partial charge on any atom is -0.490 e. The van der Waals surface area contributed by atoms with E-state index in [0.717, 1.165) is 48.6 Å². The van der Waals surface area contributed by atoms with Crippen LogP contribution in [0.3, 0.4) is 0 Å². The molecule has 1 aliphatic rings. The van der Waals surface area contributed by atoms with Crippen LogP contribution in [-0.2, 0) is 22.8 Å². The maximum Gasteiger partial charge on any atom is 0.191 e. The maximum absolute atomic E-state index is 11.6. The predicted octanol–water partition coefficient (Wildman–Crippen LogP) is 3.71. The predicted molar refractivity (Wildman–Crippen MR) is 125 cm³/mol. The normalized spacial score (nSPS) is 15.1. The van der Waals surface area contributed by atoms with Crippen molar-refractivity contribution in [3.05, 3.63) is 59.7 Å². The van der Waals surface area contributed by atoms with E-state index in [1.807, 2.05) is 37.3 Å². The highest BCUT2D eigenvalue weighted by atomic mass is 32.2. The summed E-state index contributed by atoms with van der Waals surface area (Å²) in [5.74, 6) is 1.69. The lowest BCUT2D eigenvalue weighted by molar-refractivity contribution is 0.208. The van der Waals surface area contributed by atoms with Crippen LogP contribution in [0.15, 0.2) is 58.4 Å². The smallest absolute Gasteiger partial charge is 0.191 e. The molecule has 0 amide bonds. The van der Waals surface area contributed by atoms with Gasteiger partial charge in [-0.25, -0.2) is 13.4 Å². The van der Waals surface area contributed by atoms with Crippen molar-refractivity contribution in [2.45, 2.75) is 56.6 Å². The summed E-state index contributed by atoms with van der Waals surface area (Å²) in [4.78, 5) is 5.08. The van der Waals surface area contributed by atoms with Crippen LogP contribution < -0.4 is 15.4 Å². The molecule has 2 aromatic carbocycles. The Labute approximate surface area is 186 Å². The standard InChI is InChI=1S/C24H33N3O3S/c1-3-25-24(26-17-16-19-12-14-22(15-13-19)31(2,28)29)27-18-20-8-4-7-11-23(20)30-21-9-5-6-10-21/h4,7-8,11-15,21H,3,5-6,9-10,16-18H2,1-2H3,(H2,25,26,27). The van der Waals surface area contributed by atoms with Crippen LogP contribution >= 0.6 is 0 Å². The first kappa shape index (κ1) is 23.1. The van der Waals surface area contributed by atoms with Crippen molar-refractivity contribution in [2.24, 2.45) is 4.99 Å². The molecule has 31 heavy (non-hydrogen) atoms. The third kappa shape index (κ3) is 7.28. The minimum absolute atomic E-state index is 0.325. The number of guanidine groups is 1. The number of ether oxygens (including phenoxy) is 1. The second kappa shape index (κ2) is 11.2. The average Bonchev–Trinajstić information content (AvgIpc) is 3.26. The molecule has 0 atom stereocenters. The van der Waals surface area contributed by atoms with Gasteiger partial charge in [0, 0.05) is 24.9 Å². The molecule has 168 valence electrons. The summed E-state index contributed by atoms with van der Waals surface area (Å²) < 4.78 is 29.4. The van der Waals surface area contributed by atoms with E-state index in [1.165, 1.54) is 19.1 Å². The van der Waals surface area contributed by atoms with Crippen LogP contribution in [-0.4, -0.2) is 39.8 Å². The summed E-state index contributed by atoms with van der Waals surface area (Å²) in [6.07, 6.45) is 7.08. The molecule has 0 spiro atoms. The van der Waals surface area contributed by atoms with Gasteiger partial charge in [-0.3, -0.25) is 0 Å². The van der Waals surface area contributed by atoms with Gasteiger partial charge >= 0.3 is 0 Å². The summed E-state index contributed by atoms with van der Waals surface area (Å²) in [7, 11) is -3.16. The van der Waals surface area contributed by atoms with Crippen molar-refractivity contribution in [2.75, 3.05) is 19.3 Å². The zero-order valence-electron chi connectivity index (χ0n) is 18.4. The van der Waals surface area contributed by atoms with Crippen molar-refractivity contribution in [3.8, 4) is 5.75 Å². The van der Waals surface area contributed by atoms with Crippen LogP contribution in [0.25, 0.3) is 0 Å². The number of nitrogens with zero attached hydrogens (tertiary/aromatic N) is 1. The first-order valence-electron chi connectivity index (χ1n) is 11.0. The Morgan fingerprint density at radius 2 is 1.77 bits per heavy atom. The number of aliphatic imine (C=N–C) groups is 1. The fourth-order valence-corrected chi connectivity index (χ4v) is 4.30. The second-order valence-corrected chi connectivity index (χ2v) is 9.94. The molecular weight excluding hydrogens is 410 g/mol. The molecular formula is C24H33N3O3S. The SMILES string of the molecule is CCNC(=NCc1ccccc1OC1CCCC1)NCCc1ccc(S(C)(=O)=O)cc1. The first-order chi connectivity index (χ1) is 15.0. The summed E-state index contributed by atoms with van der Waals surface area (Å²) in [6.45, 7) is 4.05. The first-order valence-corrected chi connectivity index (χ1v) is 12.9. The van der Waals surface area contributed by atoms with E-state index in [-0.39, 0.29) is 0 Å². The second-order valence-electron chi connectivity index (χ2n) is 7.92. The number of para-hydroxylation sites is 1. The minimum atomic E-state index is -3.16. The van der Waals surface area contributed by atoms with E-state index in [1.54, 1.807) is 12.1 Å². The number of hydrogen-bond donors (Lipinski definition) is 2. The summed E-state index contributed by atoms with van der Waals surface area (Å²) in [5.41, 5.74) is 2.16. The van der Waals surface area contributed by atoms with Gasteiger partial charge in [0.2, 0.25) is 0 Å². The van der Waals surface area contributed by atoms with Gasteiger partial charge in [0.05, 0.1) is 17.5 Å². The zero-order valence-corrected chi connectivity index (χ0v) is 19.2. The van der Waals surface area contributed by atoms with Gasteiger partial charge in [0.15, 0.2) is 15.8 Å². The van der Waals surface area contributed by atoms with Crippen LogP contribution in [0.1, 0.15) is 43.7 Å². The third-order valence-corrected chi connectivity index (χ3v) is 6.51. The van der Waals surface area contributed by atoms with E-state index in [2.05, 4.69) is 16.7 Å². The Balaban J connectivity index is 1.57. The molecule has 6 nitrogen and oxygen atoms in total. The van der Waals surface area contributed by atoms with Gasteiger partial charge < -0.3 is 15.4 Å². The van der Waals surface area contributed by atoms with Gasteiger partial charge in [-0.15, -0.1) is 0 Å². The van der Waals surface area contributed by atoms with Gasteiger partial charge in [0.1, 0.15) is 5.75 Å². The molecule has 1 fully saturated rings. The number of sulfone groups is 1. The Kier molecular flexibility index (Phi) is 8.35. The Morgan fingerprint density at radius 1 is 1.06 bits per heavy atom. The van der Waals surface area contributed by atoms with Crippen molar-refractivity contribution in [3.63, 3.8) is 0 Å². The fourth-order valence-electron chi connectivity index (χ4n) is 3.67. The average molecular weight is 444 g/mol. The molecule has 0 aromatic heterocycles. The molecule has 0 aliphatic heterocycles. The number of nitrogens with one attached hydrogen (secondary N) is 2. The number of rotatable bonds is 9. The van der Waals surface area contributed by atoms with Crippen molar-refractivity contribution >= 4 is 15.8 Å². The lowest BCUT2D eigenvalue weighted by atomic mass is 10.1. The van der Waals surface area contributed by atoms with Gasteiger partial charge in [0.25, 0.3) is 0 Å². The molecule has 2 N–H and O–H groups in total. The molecule has 3 rings (SSSR count). The van der Waals surface area contributed by atoms with Crippen LogP contribution in [0.4, 0.5) is 0 Å². The molecule has 0 heterocycles. The highest BCUT2D eigenvalue weighted by Gasteiger charge is 2.17. The van der Waals surface area contributed by atoms with Gasteiger partial charge in [-0.2, -0.15) is 0 Å². The highest BCUT2D eigenvalue weighted by Crippen LogP contribution is 2.27. The monoisotopic (exact) mass is 443 g/mol. The fraction of sp³-hybridized carbons (Fsp3) is 0.458. The summed E-state index contributed by atoms with van der Waals surface area (Å²) in [6, 6.07) is 15.2. The Bertz CT molecular complexity index is 966. The maximum atomic E-state index is 11.6. The van der Waals surface area contributed by atoms with E-state index in [4.69, 9.17) is 9.73 Å². The van der Waals surface area contributed by atoms with Gasteiger partial charge in [-0.05, 0) is 62.8 Å². The Morgan fingerprint density at radius 3 is 2.45 bits per heavy atom. The summed E-state index contributed by atoms with van der Waals surface area (Å²) >= 11 is 0. The van der Waals surface area contributed by atoms with Crippen LogP contribution in [0, 0.1) is 0 Å². The van der Waals surface area contributed by atoms with Crippen LogP contribution in [0.5, 0.6) is 5.75 Å². The molecule has 0 bridgehead atoms. The Hall–Kier alpha value is -2.54. The lowest BCUT2D eigenvalue weighted by Crippen LogP contribution is -2.38. The molecule has 1 saturated carbocycles. The zero-order chi connectivity index (χ0) is 22.1. The largest absolute Gasteiger partial charge is 0.490 e. The van der Waals surface area contributed by atoms with E-state index >= 15 is 0 Å². The molecule has 1 aliphatic carbocycles. The lowest BCUT2D eigenvalue weighted by Gasteiger charge is -2.16. The highest BCUT2D eigenvalue weighted by molar-refractivity contribution is 7.90. The topological polar surface area (TPSA) is 79.8 Å². The molecule has 2 aromatic rings. The van der Waals surface area contributed by atoms with E-state index in [0.29, 0.717) is 24.1 Å². The number of hydrogen-bond acceptors (Lipinski definition) is 4. The van der Waals surface area contributed by atoms with E-state index < -0.39 is 9.84 Å². The van der Waals surface area contributed by atoms with Crippen LogP contribution in [0.2, 0.25) is 0 Å². The quantitative estimate of drug-likeness (QED) is 0.456. The number of benzene rings is 2. The van der Waals surface area contributed by atoms with Crippen molar-refractivity contribution in [1.29, 1.82) is 0 Å². The van der Waals surface area contributed by atoms with Crippen molar-refractivity contribution < 1.29 is 13.2 Å². The molecule has 0 radical (unpaired) electrons. The molecule has 0 unspecified atom stereocenters. The third-order valence-electron chi connectivity index (χ3n) is 5.38.